The number of aryl methyl sites for hydroxylation is 1. The van der Waals surface area contributed by atoms with Crippen LogP contribution in [0.2, 0.25) is 0 Å². The average Bonchev–Trinajstić information content (AvgIpc) is 2.54. The Morgan fingerprint density at radius 2 is 2.14 bits per heavy atom. The number of carbonyl (C=O) groups excluding carboxylic acids is 1. The molecule has 0 saturated carbocycles. The fraction of sp³-hybridized carbons (Fsp3) is 0.588. The van der Waals surface area contributed by atoms with E-state index in [0.717, 1.165) is 29.7 Å². The molecule has 1 amide bonds. The Kier molecular flexibility index (Phi) is 5.80. The predicted molar refractivity (Wildman–Crippen MR) is 85.7 cm³/mol. The van der Waals surface area contributed by atoms with Crippen LogP contribution in [0, 0.1) is 12.8 Å². The second-order valence-electron chi connectivity index (χ2n) is 5.97. The summed E-state index contributed by atoms with van der Waals surface area (Å²) in [6.07, 6.45) is 1.73. The highest BCUT2D eigenvalue weighted by Gasteiger charge is 2.28. The van der Waals surface area contributed by atoms with Crippen LogP contribution < -0.4 is 10.5 Å². The molecule has 122 valence electrons. The van der Waals surface area contributed by atoms with Gasteiger partial charge in [0.2, 0.25) is 5.91 Å². The van der Waals surface area contributed by atoms with Crippen LogP contribution in [0.5, 0.6) is 5.75 Å². The molecule has 1 saturated heterocycles. The quantitative estimate of drug-likeness (QED) is 0.899. The molecular weight excluding hydrogens is 280 g/mol. The molecule has 1 aliphatic rings. The number of ether oxygens (including phenoxy) is 2. The van der Waals surface area contributed by atoms with Crippen LogP contribution in [0.1, 0.15) is 24.0 Å². The van der Waals surface area contributed by atoms with Crippen molar-refractivity contribution in [3.63, 3.8) is 0 Å². The highest BCUT2D eigenvalue weighted by molar-refractivity contribution is 5.81. The van der Waals surface area contributed by atoms with Gasteiger partial charge in [-0.15, -0.1) is 0 Å². The van der Waals surface area contributed by atoms with Crippen molar-refractivity contribution in [2.24, 2.45) is 11.7 Å². The zero-order chi connectivity index (χ0) is 16.1. The van der Waals surface area contributed by atoms with Gasteiger partial charge in [-0.25, -0.2) is 0 Å². The maximum atomic E-state index is 12.5. The smallest absolute Gasteiger partial charge is 0.239 e. The lowest BCUT2D eigenvalue weighted by atomic mass is 9.91. The van der Waals surface area contributed by atoms with Gasteiger partial charge in [-0.1, -0.05) is 12.1 Å². The molecule has 0 aromatic heterocycles. The number of rotatable bonds is 5. The van der Waals surface area contributed by atoms with Crippen molar-refractivity contribution in [1.29, 1.82) is 0 Å². The third-order valence-electron chi connectivity index (χ3n) is 4.31. The molecule has 0 radical (unpaired) electrons. The van der Waals surface area contributed by atoms with E-state index in [1.165, 1.54) is 0 Å². The maximum Gasteiger partial charge on any atom is 0.239 e. The molecule has 1 atom stereocenters. The molecule has 1 fully saturated rings. The maximum absolute atomic E-state index is 12.5. The minimum Gasteiger partial charge on any atom is -0.496 e. The number of nitrogens with zero attached hydrogens (tertiary/aromatic N) is 1. The van der Waals surface area contributed by atoms with Gasteiger partial charge in [0.05, 0.1) is 13.2 Å². The Morgan fingerprint density at radius 1 is 1.45 bits per heavy atom. The van der Waals surface area contributed by atoms with Crippen LogP contribution in [-0.2, 0) is 16.1 Å². The van der Waals surface area contributed by atoms with E-state index in [4.69, 9.17) is 15.2 Å². The molecule has 1 aromatic rings. The SMILES string of the molecule is COc1ccc(CN(C)C(=O)C(N)C2CCOCC2)cc1C. The minimum absolute atomic E-state index is 0.000344. The lowest BCUT2D eigenvalue weighted by Crippen LogP contribution is -2.47. The van der Waals surface area contributed by atoms with Crippen molar-refractivity contribution in [2.45, 2.75) is 32.4 Å². The minimum atomic E-state index is -0.437. The Morgan fingerprint density at radius 3 is 2.73 bits per heavy atom. The number of hydrogen-bond donors (Lipinski definition) is 1. The van der Waals surface area contributed by atoms with E-state index < -0.39 is 6.04 Å². The zero-order valence-electron chi connectivity index (χ0n) is 13.7. The summed E-state index contributed by atoms with van der Waals surface area (Å²) >= 11 is 0. The van der Waals surface area contributed by atoms with E-state index >= 15 is 0 Å². The van der Waals surface area contributed by atoms with Crippen LogP contribution >= 0.6 is 0 Å². The molecule has 1 heterocycles. The van der Waals surface area contributed by atoms with Crippen molar-refractivity contribution >= 4 is 5.91 Å². The second kappa shape index (κ2) is 7.61. The van der Waals surface area contributed by atoms with E-state index in [1.54, 1.807) is 19.1 Å². The van der Waals surface area contributed by atoms with E-state index in [2.05, 4.69) is 0 Å². The first-order chi connectivity index (χ1) is 10.5. The lowest BCUT2D eigenvalue weighted by Gasteiger charge is -2.30. The van der Waals surface area contributed by atoms with E-state index in [-0.39, 0.29) is 11.8 Å². The largest absolute Gasteiger partial charge is 0.496 e. The molecular formula is C17H26N2O3. The molecule has 1 unspecified atom stereocenters. The first-order valence-electron chi connectivity index (χ1n) is 7.74. The van der Waals surface area contributed by atoms with E-state index in [9.17, 15) is 4.79 Å². The van der Waals surface area contributed by atoms with Crippen molar-refractivity contribution in [3.8, 4) is 5.75 Å². The molecule has 2 N–H and O–H groups in total. The molecule has 5 heteroatoms. The topological polar surface area (TPSA) is 64.8 Å². The van der Waals surface area contributed by atoms with Gasteiger partial charge in [0.1, 0.15) is 5.75 Å². The molecule has 2 rings (SSSR count). The molecule has 1 aliphatic heterocycles. The second-order valence-corrected chi connectivity index (χ2v) is 5.97. The predicted octanol–water partition coefficient (Wildman–Crippen LogP) is 1.72. The standard InChI is InChI=1S/C17H26N2O3/c1-12-10-13(4-5-15(12)21-3)11-19(2)17(20)16(18)14-6-8-22-9-7-14/h4-5,10,14,16H,6-9,11,18H2,1-3H3. The van der Waals surface area contributed by atoms with Crippen LogP contribution in [0.3, 0.4) is 0 Å². The third-order valence-corrected chi connectivity index (χ3v) is 4.31. The monoisotopic (exact) mass is 306 g/mol. The van der Waals surface area contributed by atoms with Crippen LogP contribution in [0.25, 0.3) is 0 Å². The lowest BCUT2D eigenvalue weighted by molar-refractivity contribution is -0.133. The summed E-state index contributed by atoms with van der Waals surface area (Å²) in [7, 11) is 3.46. The van der Waals surface area contributed by atoms with E-state index in [1.807, 2.05) is 25.1 Å². The van der Waals surface area contributed by atoms with Crippen molar-refractivity contribution in [1.82, 2.24) is 4.90 Å². The summed E-state index contributed by atoms with van der Waals surface area (Å²) in [5, 5.41) is 0. The van der Waals surface area contributed by atoms with Crippen LogP contribution in [0.15, 0.2) is 18.2 Å². The number of carbonyl (C=O) groups is 1. The Hall–Kier alpha value is -1.59. The summed E-state index contributed by atoms with van der Waals surface area (Å²) in [6.45, 7) is 3.96. The normalized spacial score (nSPS) is 17.1. The van der Waals surface area contributed by atoms with Gasteiger partial charge in [0.25, 0.3) is 0 Å². The number of hydrogen-bond acceptors (Lipinski definition) is 4. The van der Waals surface area contributed by atoms with Gasteiger partial charge in [0.15, 0.2) is 0 Å². The average molecular weight is 306 g/mol. The Balaban J connectivity index is 1.96. The van der Waals surface area contributed by atoms with Gasteiger partial charge in [-0.05, 0) is 42.9 Å². The van der Waals surface area contributed by atoms with Gasteiger partial charge in [0, 0.05) is 26.8 Å². The fourth-order valence-corrected chi connectivity index (χ4v) is 2.92. The Labute approximate surface area is 132 Å². The first kappa shape index (κ1) is 16.8. The Bertz CT molecular complexity index is 513. The van der Waals surface area contributed by atoms with Crippen molar-refractivity contribution in [2.75, 3.05) is 27.4 Å². The van der Waals surface area contributed by atoms with Gasteiger partial charge >= 0.3 is 0 Å². The summed E-state index contributed by atoms with van der Waals surface area (Å²) in [4.78, 5) is 14.2. The molecule has 22 heavy (non-hydrogen) atoms. The fourth-order valence-electron chi connectivity index (χ4n) is 2.92. The van der Waals surface area contributed by atoms with Crippen LogP contribution in [-0.4, -0.2) is 44.2 Å². The number of amides is 1. The summed E-state index contributed by atoms with van der Waals surface area (Å²) in [6, 6.07) is 5.52. The zero-order valence-corrected chi connectivity index (χ0v) is 13.7. The van der Waals surface area contributed by atoms with Gasteiger partial charge in [-0.3, -0.25) is 4.79 Å². The van der Waals surface area contributed by atoms with Crippen molar-refractivity contribution in [3.05, 3.63) is 29.3 Å². The third kappa shape index (κ3) is 3.99. The summed E-state index contributed by atoms with van der Waals surface area (Å²) in [5.41, 5.74) is 8.30. The molecule has 0 spiro atoms. The van der Waals surface area contributed by atoms with Gasteiger partial charge < -0.3 is 20.1 Å². The van der Waals surface area contributed by atoms with Crippen molar-refractivity contribution < 1.29 is 14.3 Å². The first-order valence-corrected chi connectivity index (χ1v) is 7.74. The number of nitrogens with two attached hydrogens (primary N) is 1. The highest BCUT2D eigenvalue weighted by Crippen LogP contribution is 2.21. The number of methoxy groups -OCH3 is 1. The summed E-state index contributed by atoms with van der Waals surface area (Å²) < 4.78 is 10.6. The van der Waals surface area contributed by atoms with E-state index in [0.29, 0.717) is 19.8 Å². The highest BCUT2D eigenvalue weighted by atomic mass is 16.5. The van der Waals surface area contributed by atoms with Crippen LogP contribution in [0.4, 0.5) is 0 Å². The van der Waals surface area contributed by atoms with Gasteiger partial charge in [-0.2, -0.15) is 0 Å². The summed E-state index contributed by atoms with van der Waals surface area (Å²) in [5.74, 6) is 1.08. The number of likely N-dealkylation sites (N-methyl/N-ethyl adjacent to an activating group) is 1. The molecule has 5 nitrogen and oxygen atoms in total. The molecule has 1 aromatic carbocycles. The molecule has 0 aliphatic carbocycles. The molecule has 0 bridgehead atoms. The number of benzene rings is 1.